The molecule has 2 nitrogen and oxygen atoms in total. The van der Waals surface area contributed by atoms with Crippen LogP contribution in [-0.2, 0) is 6.42 Å². The predicted octanol–water partition coefficient (Wildman–Crippen LogP) is 4.27. The fourth-order valence-corrected chi connectivity index (χ4v) is 2.15. The fraction of sp³-hybridized carbons (Fsp3) is 0.412. The molecule has 2 aromatic heterocycles. The molecule has 0 unspecified atom stereocenters. The van der Waals surface area contributed by atoms with Gasteiger partial charge >= 0.3 is 0 Å². The molecule has 0 spiro atoms. The van der Waals surface area contributed by atoms with E-state index in [1.54, 1.807) is 0 Å². The van der Waals surface area contributed by atoms with Crippen LogP contribution >= 0.6 is 0 Å². The smallest absolute Gasteiger partial charge is 0.0406 e. The maximum atomic E-state index is 4.35. The number of rotatable bonds is 1. The number of hydrogen-bond donors (Lipinski definition) is 0. The molecule has 0 aliphatic heterocycles. The van der Waals surface area contributed by atoms with Gasteiger partial charge in [-0.25, -0.2) is 0 Å². The second kappa shape index (κ2) is 7.03. The summed E-state index contributed by atoms with van der Waals surface area (Å²) < 4.78 is 0. The molecule has 2 rings (SSSR count). The van der Waals surface area contributed by atoms with Crippen LogP contribution in [0.5, 0.6) is 0 Å². The van der Waals surface area contributed by atoms with Gasteiger partial charge in [0.25, 0.3) is 0 Å². The predicted molar refractivity (Wildman–Crippen MR) is 81.5 cm³/mol. The molecule has 2 heteroatoms. The zero-order chi connectivity index (χ0) is 14.4. The van der Waals surface area contributed by atoms with Crippen LogP contribution in [0.25, 0.3) is 0 Å². The van der Waals surface area contributed by atoms with Crippen LogP contribution < -0.4 is 0 Å². The Bertz CT molecular complexity index is 474. The van der Waals surface area contributed by atoms with Gasteiger partial charge in [-0.15, -0.1) is 0 Å². The van der Waals surface area contributed by atoms with E-state index in [-0.39, 0.29) is 0 Å². The van der Waals surface area contributed by atoms with Crippen molar-refractivity contribution in [1.82, 2.24) is 9.97 Å². The first-order valence-electron chi connectivity index (χ1n) is 6.76. The quantitative estimate of drug-likeness (QED) is 0.761. The van der Waals surface area contributed by atoms with Gasteiger partial charge in [0.05, 0.1) is 0 Å². The van der Waals surface area contributed by atoms with Gasteiger partial charge in [0.15, 0.2) is 0 Å². The lowest BCUT2D eigenvalue weighted by atomic mass is 10.2. The summed E-state index contributed by atoms with van der Waals surface area (Å²) in [5.41, 5.74) is 7.12. The number of hydrogen-bond acceptors (Lipinski definition) is 2. The summed E-state index contributed by atoms with van der Waals surface area (Å²) in [6.45, 7) is 12.4. The van der Waals surface area contributed by atoms with Crippen molar-refractivity contribution in [3.63, 3.8) is 0 Å². The van der Waals surface area contributed by atoms with Gasteiger partial charge in [-0.05, 0) is 76.4 Å². The standard InChI is InChI=1S/C9H13N.C8H11N/c1-4-9-6-7(2)5-8(3)10-9;1-6-4-7(2)9-8(3)5-6/h5-6H,4H2,1-3H3;4-5H,1-3H3. The first-order valence-corrected chi connectivity index (χ1v) is 6.76. The average Bonchev–Trinajstić information content (AvgIpc) is 2.26. The SMILES string of the molecule is CCc1cc(C)cc(C)n1.Cc1cc(C)nc(C)c1. The monoisotopic (exact) mass is 256 g/mol. The largest absolute Gasteiger partial charge is 0.258 e. The second-order valence-electron chi connectivity index (χ2n) is 5.06. The molecule has 0 N–H and O–H groups in total. The molecule has 0 saturated carbocycles. The van der Waals surface area contributed by atoms with Crippen molar-refractivity contribution in [1.29, 1.82) is 0 Å². The Balaban J connectivity index is 0.000000191. The van der Waals surface area contributed by atoms with E-state index < -0.39 is 0 Å². The van der Waals surface area contributed by atoms with Crippen molar-refractivity contribution in [2.45, 2.75) is 48.0 Å². The van der Waals surface area contributed by atoms with Gasteiger partial charge in [0, 0.05) is 22.8 Å². The van der Waals surface area contributed by atoms with Gasteiger partial charge in [0.1, 0.15) is 0 Å². The van der Waals surface area contributed by atoms with Crippen LogP contribution in [0.15, 0.2) is 24.3 Å². The maximum absolute atomic E-state index is 4.35. The number of aryl methyl sites for hydroxylation is 6. The van der Waals surface area contributed by atoms with E-state index in [0.29, 0.717) is 0 Å². The van der Waals surface area contributed by atoms with Crippen LogP contribution in [0.1, 0.15) is 40.8 Å². The van der Waals surface area contributed by atoms with Gasteiger partial charge < -0.3 is 0 Å². The van der Waals surface area contributed by atoms with Gasteiger partial charge in [0.2, 0.25) is 0 Å². The van der Waals surface area contributed by atoms with Crippen LogP contribution in [0.3, 0.4) is 0 Å². The Labute approximate surface area is 116 Å². The second-order valence-corrected chi connectivity index (χ2v) is 5.06. The van der Waals surface area contributed by atoms with Gasteiger partial charge in [-0.2, -0.15) is 0 Å². The summed E-state index contributed by atoms with van der Waals surface area (Å²) in [5.74, 6) is 0. The van der Waals surface area contributed by atoms with Crippen LogP contribution in [0.4, 0.5) is 0 Å². The fourth-order valence-electron chi connectivity index (χ4n) is 2.15. The molecule has 0 amide bonds. The molecular formula is C17H24N2. The highest BCUT2D eigenvalue weighted by Crippen LogP contribution is 2.04. The molecule has 0 radical (unpaired) electrons. The number of nitrogens with zero attached hydrogens (tertiary/aromatic N) is 2. The molecule has 0 atom stereocenters. The lowest BCUT2D eigenvalue weighted by molar-refractivity contribution is 0.997. The molecule has 0 bridgehead atoms. The summed E-state index contributed by atoms with van der Waals surface area (Å²) in [4.78, 5) is 8.59. The molecule has 0 fully saturated rings. The minimum Gasteiger partial charge on any atom is -0.258 e. The average molecular weight is 256 g/mol. The molecule has 102 valence electrons. The van der Waals surface area contributed by atoms with Crippen LogP contribution in [0, 0.1) is 34.6 Å². The van der Waals surface area contributed by atoms with Crippen molar-refractivity contribution in [2.24, 2.45) is 0 Å². The Kier molecular flexibility index (Phi) is 5.68. The summed E-state index contributed by atoms with van der Waals surface area (Å²) in [6, 6.07) is 8.38. The molecule has 0 aliphatic rings. The van der Waals surface area contributed by atoms with E-state index in [1.807, 2.05) is 20.8 Å². The lowest BCUT2D eigenvalue weighted by Crippen LogP contribution is -1.90. The Morgan fingerprint density at radius 2 is 1.11 bits per heavy atom. The van der Waals surface area contributed by atoms with Crippen LogP contribution in [-0.4, -0.2) is 9.97 Å². The highest BCUT2D eigenvalue weighted by Gasteiger charge is 1.92. The number of pyridine rings is 2. The molecule has 0 aromatic carbocycles. The molecule has 2 heterocycles. The Morgan fingerprint density at radius 3 is 1.47 bits per heavy atom. The van der Waals surface area contributed by atoms with E-state index in [2.05, 4.69) is 55.0 Å². The molecule has 19 heavy (non-hydrogen) atoms. The first kappa shape index (κ1) is 15.4. The summed E-state index contributed by atoms with van der Waals surface area (Å²) in [6.07, 6.45) is 1.03. The van der Waals surface area contributed by atoms with Crippen molar-refractivity contribution in [3.05, 3.63) is 58.2 Å². The summed E-state index contributed by atoms with van der Waals surface area (Å²) >= 11 is 0. The van der Waals surface area contributed by atoms with Crippen molar-refractivity contribution in [2.75, 3.05) is 0 Å². The molecular weight excluding hydrogens is 232 g/mol. The van der Waals surface area contributed by atoms with E-state index in [1.165, 1.54) is 16.8 Å². The Morgan fingerprint density at radius 1 is 0.684 bits per heavy atom. The van der Waals surface area contributed by atoms with Gasteiger partial charge in [-0.1, -0.05) is 6.92 Å². The van der Waals surface area contributed by atoms with E-state index in [9.17, 15) is 0 Å². The zero-order valence-electron chi connectivity index (χ0n) is 12.9. The normalized spacial score (nSPS) is 9.79. The summed E-state index contributed by atoms with van der Waals surface area (Å²) in [7, 11) is 0. The highest BCUT2D eigenvalue weighted by molar-refractivity contribution is 5.19. The molecule has 2 aromatic rings. The maximum Gasteiger partial charge on any atom is 0.0406 e. The third-order valence-corrected chi connectivity index (χ3v) is 2.74. The topological polar surface area (TPSA) is 25.8 Å². The van der Waals surface area contributed by atoms with E-state index >= 15 is 0 Å². The highest BCUT2D eigenvalue weighted by atomic mass is 14.7. The Hall–Kier alpha value is -1.70. The van der Waals surface area contributed by atoms with Crippen molar-refractivity contribution in [3.8, 4) is 0 Å². The minimum atomic E-state index is 1.03. The first-order chi connectivity index (χ1) is 8.90. The van der Waals surface area contributed by atoms with Crippen molar-refractivity contribution >= 4 is 0 Å². The van der Waals surface area contributed by atoms with Gasteiger partial charge in [-0.3, -0.25) is 9.97 Å². The number of aromatic nitrogens is 2. The third-order valence-electron chi connectivity index (χ3n) is 2.74. The minimum absolute atomic E-state index is 1.03. The van der Waals surface area contributed by atoms with E-state index in [0.717, 1.165) is 23.5 Å². The molecule has 0 saturated heterocycles. The lowest BCUT2D eigenvalue weighted by Gasteiger charge is -1.99. The van der Waals surface area contributed by atoms with Crippen LogP contribution in [0.2, 0.25) is 0 Å². The van der Waals surface area contributed by atoms with Crippen molar-refractivity contribution < 1.29 is 0 Å². The third kappa shape index (κ3) is 5.64. The molecule has 0 aliphatic carbocycles. The summed E-state index contributed by atoms with van der Waals surface area (Å²) in [5, 5.41) is 0. The van der Waals surface area contributed by atoms with E-state index in [4.69, 9.17) is 0 Å². The zero-order valence-corrected chi connectivity index (χ0v) is 12.9.